The van der Waals surface area contributed by atoms with Crippen molar-refractivity contribution < 1.29 is 0 Å². The van der Waals surface area contributed by atoms with Crippen molar-refractivity contribution in [2.75, 3.05) is 23.7 Å². The summed E-state index contributed by atoms with van der Waals surface area (Å²) in [5, 5.41) is 0. The topological polar surface area (TPSA) is 81.1 Å². The Kier molecular flexibility index (Phi) is 3.07. The van der Waals surface area contributed by atoms with Gasteiger partial charge in [0, 0.05) is 30.9 Å². The number of piperidine rings is 1. The van der Waals surface area contributed by atoms with Crippen LogP contribution in [0.3, 0.4) is 0 Å². The van der Waals surface area contributed by atoms with Gasteiger partial charge in [-0.2, -0.15) is 4.98 Å². The minimum Gasteiger partial charge on any atom is -0.368 e. The van der Waals surface area contributed by atoms with Crippen LogP contribution in [-0.4, -0.2) is 29.1 Å². The highest BCUT2D eigenvalue weighted by molar-refractivity contribution is 5.44. The van der Waals surface area contributed by atoms with Crippen LogP contribution < -0.4 is 16.4 Å². The van der Waals surface area contributed by atoms with Crippen LogP contribution in [0.25, 0.3) is 0 Å². The average molecular weight is 247 g/mol. The summed E-state index contributed by atoms with van der Waals surface area (Å²) in [4.78, 5) is 11.0. The number of aromatic nitrogens is 2. The van der Waals surface area contributed by atoms with Gasteiger partial charge in [-0.1, -0.05) is 0 Å². The number of hydrogen-bond donors (Lipinski definition) is 2. The monoisotopic (exact) mass is 247 g/mol. The molecule has 1 aromatic rings. The fourth-order valence-corrected chi connectivity index (χ4v) is 2.52. The molecular formula is C13H21N5. The maximum Gasteiger partial charge on any atom is 0.222 e. The van der Waals surface area contributed by atoms with E-state index in [2.05, 4.69) is 20.9 Å². The molecule has 0 spiro atoms. The Labute approximate surface area is 108 Å². The van der Waals surface area contributed by atoms with Crippen molar-refractivity contribution in [3.8, 4) is 0 Å². The van der Waals surface area contributed by atoms with Crippen LogP contribution in [0, 0.1) is 5.92 Å². The minimum atomic E-state index is 0.339. The summed E-state index contributed by atoms with van der Waals surface area (Å²) in [6.07, 6.45) is 5.77. The molecule has 1 aromatic heterocycles. The van der Waals surface area contributed by atoms with Gasteiger partial charge in [-0.05, 0) is 38.0 Å². The van der Waals surface area contributed by atoms with Crippen molar-refractivity contribution in [3.05, 3.63) is 11.8 Å². The molecule has 0 amide bonds. The van der Waals surface area contributed by atoms with Crippen molar-refractivity contribution in [1.82, 2.24) is 9.97 Å². The van der Waals surface area contributed by atoms with E-state index in [-0.39, 0.29) is 0 Å². The van der Waals surface area contributed by atoms with Gasteiger partial charge in [-0.15, -0.1) is 0 Å². The first-order valence-electron chi connectivity index (χ1n) is 6.84. The molecule has 0 aromatic carbocycles. The highest BCUT2D eigenvalue weighted by Gasteiger charge is 2.23. The van der Waals surface area contributed by atoms with E-state index >= 15 is 0 Å². The van der Waals surface area contributed by atoms with Crippen molar-refractivity contribution in [1.29, 1.82) is 0 Å². The van der Waals surface area contributed by atoms with E-state index < -0.39 is 0 Å². The summed E-state index contributed by atoms with van der Waals surface area (Å²) in [6.45, 7) is 1.95. The van der Waals surface area contributed by atoms with E-state index in [0.29, 0.717) is 12.0 Å². The van der Waals surface area contributed by atoms with Crippen LogP contribution in [0.1, 0.15) is 31.4 Å². The average Bonchev–Trinajstić information content (AvgIpc) is 3.13. The van der Waals surface area contributed by atoms with Gasteiger partial charge in [0.1, 0.15) is 5.82 Å². The van der Waals surface area contributed by atoms with Crippen molar-refractivity contribution in [2.45, 2.75) is 38.1 Å². The Balaban J connectivity index is 1.75. The molecule has 3 rings (SSSR count). The molecule has 2 aliphatic rings. The number of nitrogens with two attached hydrogens (primary N) is 2. The van der Waals surface area contributed by atoms with Crippen LogP contribution in [0.2, 0.25) is 0 Å². The number of rotatable bonds is 3. The van der Waals surface area contributed by atoms with Crippen LogP contribution in [0.5, 0.6) is 0 Å². The molecule has 1 saturated carbocycles. The molecule has 1 aliphatic carbocycles. The molecule has 1 saturated heterocycles. The first-order chi connectivity index (χ1) is 8.70. The molecule has 5 nitrogen and oxygen atoms in total. The van der Waals surface area contributed by atoms with E-state index in [4.69, 9.17) is 11.5 Å². The minimum absolute atomic E-state index is 0.339. The molecule has 0 radical (unpaired) electrons. The van der Waals surface area contributed by atoms with Crippen molar-refractivity contribution in [3.63, 3.8) is 0 Å². The SMILES string of the molecule is Nc1nc(CC2CC2)cc(N2CCC(N)CC2)n1. The second kappa shape index (κ2) is 4.72. The molecule has 0 bridgehead atoms. The standard InChI is InChI=1S/C13H21N5/c14-10-3-5-18(6-4-10)12-8-11(7-9-1-2-9)16-13(15)17-12/h8-10H,1-7,14H2,(H2,15,16,17). The molecule has 2 fully saturated rings. The van der Waals surface area contributed by atoms with E-state index in [1.165, 1.54) is 12.8 Å². The third-order valence-corrected chi connectivity index (χ3v) is 3.84. The van der Waals surface area contributed by atoms with Crippen LogP contribution in [0.15, 0.2) is 6.07 Å². The molecule has 1 aliphatic heterocycles. The van der Waals surface area contributed by atoms with Gasteiger partial charge < -0.3 is 16.4 Å². The zero-order valence-electron chi connectivity index (χ0n) is 10.7. The smallest absolute Gasteiger partial charge is 0.222 e. The van der Waals surface area contributed by atoms with Crippen LogP contribution >= 0.6 is 0 Å². The van der Waals surface area contributed by atoms with Gasteiger partial charge >= 0.3 is 0 Å². The zero-order chi connectivity index (χ0) is 12.5. The van der Waals surface area contributed by atoms with Gasteiger partial charge in [-0.3, -0.25) is 0 Å². The lowest BCUT2D eigenvalue weighted by Gasteiger charge is -2.31. The summed E-state index contributed by atoms with van der Waals surface area (Å²) in [5.41, 5.74) is 12.8. The summed E-state index contributed by atoms with van der Waals surface area (Å²) in [5.74, 6) is 2.20. The molecule has 0 unspecified atom stereocenters. The molecule has 0 atom stereocenters. The van der Waals surface area contributed by atoms with Gasteiger partial charge in [0.25, 0.3) is 0 Å². The maximum absolute atomic E-state index is 5.92. The number of hydrogen-bond acceptors (Lipinski definition) is 5. The summed E-state index contributed by atoms with van der Waals surface area (Å²) < 4.78 is 0. The number of nitrogen functional groups attached to an aromatic ring is 1. The quantitative estimate of drug-likeness (QED) is 0.830. The third kappa shape index (κ3) is 2.72. The van der Waals surface area contributed by atoms with Crippen LogP contribution in [0.4, 0.5) is 11.8 Å². The normalized spacial score (nSPS) is 21.3. The third-order valence-electron chi connectivity index (χ3n) is 3.84. The molecular weight excluding hydrogens is 226 g/mol. The Bertz CT molecular complexity index is 421. The van der Waals surface area contributed by atoms with E-state index in [0.717, 1.165) is 49.8 Å². The predicted octanol–water partition coefficient (Wildman–Crippen LogP) is 0.939. The maximum atomic E-state index is 5.92. The molecule has 18 heavy (non-hydrogen) atoms. The van der Waals surface area contributed by atoms with Gasteiger partial charge in [0.15, 0.2) is 0 Å². The predicted molar refractivity (Wildman–Crippen MR) is 72.3 cm³/mol. The van der Waals surface area contributed by atoms with Crippen LogP contribution in [-0.2, 0) is 6.42 Å². The lowest BCUT2D eigenvalue weighted by molar-refractivity contribution is 0.498. The molecule has 5 heteroatoms. The largest absolute Gasteiger partial charge is 0.368 e. The van der Waals surface area contributed by atoms with E-state index in [1.54, 1.807) is 0 Å². The first-order valence-corrected chi connectivity index (χ1v) is 6.84. The van der Waals surface area contributed by atoms with E-state index in [1.807, 2.05) is 0 Å². The van der Waals surface area contributed by atoms with Crippen molar-refractivity contribution >= 4 is 11.8 Å². The Hall–Kier alpha value is -1.36. The second-order valence-corrected chi connectivity index (χ2v) is 5.55. The molecule has 98 valence electrons. The molecule has 2 heterocycles. The number of anilines is 2. The zero-order valence-corrected chi connectivity index (χ0v) is 10.7. The fraction of sp³-hybridized carbons (Fsp3) is 0.692. The van der Waals surface area contributed by atoms with Gasteiger partial charge in [-0.25, -0.2) is 4.98 Å². The summed E-state index contributed by atoms with van der Waals surface area (Å²) >= 11 is 0. The van der Waals surface area contributed by atoms with Gasteiger partial charge in [0.2, 0.25) is 5.95 Å². The van der Waals surface area contributed by atoms with E-state index in [9.17, 15) is 0 Å². The fourth-order valence-electron chi connectivity index (χ4n) is 2.52. The lowest BCUT2D eigenvalue weighted by atomic mass is 10.1. The highest BCUT2D eigenvalue weighted by atomic mass is 15.2. The molecule has 4 N–H and O–H groups in total. The first kappa shape index (κ1) is 11.7. The van der Waals surface area contributed by atoms with Crippen molar-refractivity contribution in [2.24, 2.45) is 11.7 Å². The Morgan fingerprint density at radius 1 is 1.17 bits per heavy atom. The summed E-state index contributed by atoms with van der Waals surface area (Å²) in [7, 11) is 0. The second-order valence-electron chi connectivity index (χ2n) is 5.55. The van der Waals surface area contributed by atoms with Gasteiger partial charge in [0.05, 0.1) is 0 Å². The number of nitrogens with zero attached hydrogens (tertiary/aromatic N) is 3. The Morgan fingerprint density at radius 3 is 2.56 bits per heavy atom. The lowest BCUT2D eigenvalue weighted by Crippen LogP contribution is -2.40. The highest BCUT2D eigenvalue weighted by Crippen LogP contribution is 2.32. The Morgan fingerprint density at radius 2 is 1.89 bits per heavy atom. The summed E-state index contributed by atoms with van der Waals surface area (Å²) in [6, 6.07) is 2.44.